The minimum Gasteiger partial charge on any atom is -0.370 e. The van der Waals surface area contributed by atoms with Crippen LogP contribution in [-0.2, 0) is 17.1 Å². The standard InChI is InChI=1S/C7H13N3O2S/c1-13-5-6-9-7(12-10-6)4-11-3-2-8/h2-5,8H2,1H3. The van der Waals surface area contributed by atoms with Crippen molar-refractivity contribution in [3.8, 4) is 0 Å². The van der Waals surface area contributed by atoms with E-state index in [1.54, 1.807) is 11.8 Å². The number of nitrogens with zero attached hydrogens (tertiary/aromatic N) is 2. The highest BCUT2D eigenvalue weighted by atomic mass is 32.2. The molecule has 0 atom stereocenters. The van der Waals surface area contributed by atoms with Gasteiger partial charge in [0.25, 0.3) is 5.89 Å². The Morgan fingerprint density at radius 1 is 1.62 bits per heavy atom. The van der Waals surface area contributed by atoms with Crippen LogP contribution < -0.4 is 5.73 Å². The predicted octanol–water partition coefficient (Wildman–Crippen LogP) is 0.408. The van der Waals surface area contributed by atoms with E-state index < -0.39 is 0 Å². The van der Waals surface area contributed by atoms with Crippen LogP contribution in [0.5, 0.6) is 0 Å². The average Bonchev–Trinajstić information content (AvgIpc) is 2.54. The van der Waals surface area contributed by atoms with Crippen molar-refractivity contribution >= 4 is 11.8 Å². The zero-order chi connectivity index (χ0) is 9.52. The largest absolute Gasteiger partial charge is 0.370 e. The fourth-order valence-electron chi connectivity index (χ4n) is 0.779. The van der Waals surface area contributed by atoms with Crippen LogP contribution in [0.2, 0.25) is 0 Å². The van der Waals surface area contributed by atoms with Crippen molar-refractivity contribution in [2.24, 2.45) is 5.73 Å². The number of thioether (sulfide) groups is 1. The summed E-state index contributed by atoms with van der Waals surface area (Å²) in [5.41, 5.74) is 5.25. The maximum Gasteiger partial charge on any atom is 0.252 e. The Labute approximate surface area is 81.0 Å². The SMILES string of the molecule is CSCc1noc(COCCN)n1. The molecule has 0 bridgehead atoms. The molecule has 0 unspecified atom stereocenters. The molecule has 0 radical (unpaired) electrons. The molecule has 6 heteroatoms. The summed E-state index contributed by atoms with van der Waals surface area (Å²) in [6.45, 7) is 1.37. The summed E-state index contributed by atoms with van der Waals surface area (Å²) in [5.74, 6) is 1.98. The Bertz CT molecular complexity index is 241. The van der Waals surface area contributed by atoms with Crippen LogP contribution in [0.1, 0.15) is 11.7 Å². The van der Waals surface area contributed by atoms with Crippen molar-refractivity contribution in [2.45, 2.75) is 12.4 Å². The van der Waals surface area contributed by atoms with Gasteiger partial charge in [0.05, 0.1) is 12.4 Å². The normalized spacial score (nSPS) is 10.6. The second kappa shape index (κ2) is 5.95. The number of ether oxygens (including phenoxy) is 1. The van der Waals surface area contributed by atoms with Crippen LogP contribution in [0.15, 0.2) is 4.52 Å². The Balaban J connectivity index is 2.31. The molecule has 1 aromatic rings. The summed E-state index contributed by atoms with van der Waals surface area (Å²) < 4.78 is 10.1. The third-order valence-corrected chi connectivity index (χ3v) is 1.82. The minimum atomic E-state index is 0.346. The van der Waals surface area contributed by atoms with Crippen molar-refractivity contribution in [2.75, 3.05) is 19.4 Å². The molecule has 5 nitrogen and oxygen atoms in total. The smallest absolute Gasteiger partial charge is 0.252 e. The van der Waals surface area contributed by atoms with Crippen LogP contribution in [0.4, 0.5) is 0 Å². The molecule has 0 spiro atoms. The molecule has 0 aliphatic heterocycles. The van der Waals surface area contributed by atoms with E-state index in [-0.39, 0.29) is 0 Å². The number of rotatable bonds is 6. The summed E-state index contributed by atoms with van der Waals surface area (Å²) >= 11 is 1.65. The van der Waals surface area contributed by atoms with E-state index in [9.17, 15) is 0 Å². The van der Waals surface area contributed by atoms with Gasteiger partial charge in [0.1, 0.15) is 6.61 Å². The van der Waals surface area contributed by atoms with Crippen molar-refractivity contribution in [3.63, 3.8) is 0 Å². The molecule has 0 aliphatic carbocycles. The van der Waals surface area contributed by atoms with Crippen LogP contribution in [-0.4, -0.2) is 29.5 Å². The quantitative estimate of drug-likeness (QED) is 0.675. The van der Waals surface area contributed by atoms with Gasteiger partial charge >= 0.3 is 0 Å². The molecule has 1 heterocycles. The molecule has 1 aromatic heterocycles. The van der Waals surface area contributed by atoms with Crippen molar-refractivity contribution in [3.05, 3.63) is 11.7 Å². The summed E-state index contributed by atoms with van der Waals surface area (Å²) in [7, 11) is 0. The summed E-state index contributed by atoms with van der Waals surface area (Å²) in [6.07, 6.45) is 1.99. The van der Waals surface area contributed by atoms with Gasteiger partial charge in [-0.05, 0) is 6.26 Å². The molecule has 0 aromatic carbocycles. The number of nitrogens with two attached hydrogens (primary N) is 1. The molecule has 1 rings (SSSR count). The zero-order valence-corrected chi connectivity index (χ0v) is 8.34. The fourth-order valence-corrected chi connectivity index (χ4v) is 1.15. The molecule has 0 saturated heterocycles. The Morgan fingerprint density at radius 2 is 2.46 bits per heavy atom. The van der Waals surface area contributed by atoms with Gasteiger partial charge in [-0.25, -0.2) is 0 Å². The van der Waals surface area contributed by atoms with Gasteiger partial charge < -0.3 is 15.0 Å². The molecule has 0 amide bonds. The molecular weight excluding hydrogens is 190 g/mol. The zero-order valence-electron chi connectivity index (χ0n) is 7.52. The monoisotopic (exact) mass is 203 g/mol. The number of hydrogen-bond donors (Lipinski definition) is 1. The van der Waals surface area contributed by atoms with Gasteiger partial charge in [0.2, 0.25) is 0 Å². The maximum atomic E-state index is 5.25. The van der Waals surface area contributed by atoms with E-state index in [1.807, 2.05) is 6.26 Å². The van der Waals surface area contributed by atoms with Crippen LogP contribution in [0, 0.1) is 0 Å². The van der Waals surface area contributed by atoms with Gasteiger partial charge in [-0.2, -0.15) is 16.7 Å². The minimum absolute atomic E-state index is 0.346. The highest BCUT2D eigenvalue weighted by Crippen LogP contribution is 2.05. The maximum absolute atomic E-state index is 5.25. The summed E-state index contributed by atoms with van der Waals surface area (Å²) in [5, 5.41) is 3.77. The van der Waals surface area contributed by atoms with Gasteiger partial charge in [-0.15, -0.1) is 0 Å². The molecule has 0 saturated carbocycles. The molecule has 0 fully saturated rings. The van der Waals surface area contributed by atoms with Gasteiger partial charge in [-0.3, -0.25) is 0 Å². The van der Waals surface area contributed by atoms with Crippen LogP contribution in [0.25, 0.3) is 0 Å². The molecular formula is C7H13N3O2S. The van der Waals surface area contributed by atoms with Crippen LogP contribution >= 0.6 is 11.8 Å². The third kappa shape index (κ3) is 3.75. The van der Waals surface area contributed by atoms with Crippen LogP contribution in [0.3, 0.4) is 0 Å². The van der Waals surface area contributed by atoms with E-state index in [4.69, 9.17) is 15.0 Å². The van der Waals surface area contributed by atoms with Crippen molar-refractivity contribution in [1.29, 1.82) is 0 Å². The first-order chi connectivity index (χ1) is 6.36. The molecule has 2 N–H and O–H groups in total. The average molecular weight is 203 g/mol. The fraction of sp³-hybridized carbons (Fsp3) is 0.714. The first-order valence-electron chi connectivity index (χ1n) is 3.95. The Morgan fingerprint density at radius 3 is 3.15 bits per heavy atom. The second-order valence-corrected chi connectivity index (χ2v) is 3.24. The topological polar surface area (TPSA) is 74.2 Å². The highest BCUT2D eigenvalue weighted by Gasteiger charge is 2.04. The predicted molar refractivity (Wildman–Crippen MR) is 50.2 cm³/mol. The van der Waals surface area contributed by atoms with Crippen molar-refractivity contribution < 1.29 is 9.26 Å². The molecule has 0 aliphatic rings. The number of aromatic nitrogens is 2. The second-order valence-electron chi connectivity index (χ2n) is 2.38. The molecule has 74 valence electrons. The van der Waals surface area contributed by atoms with E-state index in [2.05, 4.69) is 10.1 Å². The Hall–Kier alpha value is -0.590. The summed E-state index contributed by atoms with van der Waals surface area (Å²) in [4.78, 5) is 4.11. The third-order valence-electron chi connectivity index (χ3n) is 1.27. The van der Waals surface area contributed by atoms with E-state index >= 15 is 0 Å². The lowest BCUT2D eigenvalue weighted by atomic mass is 10.6. The van der Waals surface area contributed by atoms with Gasteiger partial charge in [-0.1, -0.05) is 5.16 Å². The van der Waals surface area contributed by atoms with Crippen molar-refractivity contribution in [1.82, 2.24) is 10.1 Å². The first kappa shape index (κ1) is 10.5. The van der Waals surface area contributed by atoms with E-state index in [0.29, 0.717) is 31.5 Å². The first-order valence-corrected chi connectivity index (χ1v) is 5.34. The number of hydrogen-bond acceptors (Lipinski definition) is 6. The van der Waals surface area contributed by atoms with Gasteiger partial charge in [0, 0.05) is 6.54 Å². The van der Waals surface area contributed by atoms with Gasteiger partial charge in [0.15, 0.2) is 5.82 Å². The lowest BCUT2D eigenvalue weighted by molar-refractivity contribution is 0.104. The van der Waals surface area contributed by atoms with E-state index in [1.165, 1.54) is 0 Å². The summed E-state index contributed by atoms with van der Waals surface area (Å²) in [6, 6.07) is 0. The Kier molecular flexibility index (Phi) is 4.81. The lowest BCUT2D eigenvalue weighted by Gasteiger charge is -1.95. The highest BCUT2D eigenvalue weighted by molar-refractivity contribution is 7.97. The molecule has 13 heavy (non-hydrogen) atoms. The van der Waals surface area contributed by atoms with E-state index in [0.717, 1.165) is 5.75 Å². The lowest BCUT2D eigenvalue weighted by Crippen LogP contribution is -2.08.